The lowest BCUT2D eigenvalue weighted by molar-refractivity contribution is -0.137. The lowest BCUT2D eigenvalue weighted by Gasteiger charge is -2.26. The van der Waals surface area contributed by atoms with Crippen molar-refractivity contribution >= 4 is 21.9 Å². The second-order valence-corrected chi connectivity index (χ2v) is 7.03. The molecule has 0 bridgehead atoms. The minimum Gasteiger partial charge on any atom is -0.481 e. The number of amides is 1. The average molecular weight is 342 g/mol. The zero-order valence-electron chi connectivity index (χ0n) is 13.4. The third kappa shape index (κ3) is 5.33. The van der Waals surface area contributed by atoms with Crippen LogP contribution in [0.4, 0.5) is 0 Å². The summed E-state index contributed by atoms with van der Waals surface area (Å²) in [4.78, 5) is 24.7. The highest BCUT2D eigenvalue weighted by Crippen LogP contribution is 2.14. The van der Waals surface area contributed by atoms with Gasteiger partial charge in [-0.2, -0.15) is 0 Å². The molecular weight excluding hydrogens is 320 g/mol. The van der Waals surface area contributed by atoms with Crippen LogP contribution in [-0.4, -0.2) is 49.4 Å². The van der Waals surface area contributed by atoms with Crippen LogP contribution in [0.3, 0.4) is 0 Å². The number of carboxylic acids is 1. The molecule has 0 aliphatic carbocycles. The van der Waals surface area contributed by atoms with E-state index >= 15 is 0 Å². The first kappa shape index (κ1) is 19.1. The largest absolute Gasteiger partial charge is 0.481 e. The summed E-state index contributed by atoms with van der Waals surface area (Å²) in [7, 11) is -3.56. The van der Waals surface area contributed by atoms with Crippen LogP contribution in [0.1, 0.15) is 37.6 Å². The summed E-state index contributed by atoms with van der Waals surface area (Å²) in [6, 6.07) is 5.43. The molecule has 0 radical (unpaired) electrons. The molecule has 0 atom stereocenters. The molecule has 7 nitrogen and oxygen atoms in total. The van der Waals surface area contributed by atoms with Gasteiger partial charge in [-0.05, 0) is 38.1 Å². The van der Waals surface area contributed by atoms with E-state index in [1.165, 1.54) is 29.2 Å². The topological polar surface area (TPSA) is 104 Å². The lowest BCUT2D eigenvalue weighted by atomic mass is 10.1. The van der Waals surface area contributed by atoms with Gasteiger partial charge in [-0.25, -0.2) is 13.1 Å². The number of hydrogen-bond donors (Lipinski definition) is 2. The van der Waals surface area contributed by atoms with Crippen LogP contribution in [0, 0.1) is 0 Å². The van der Waals surface area contributed by atoms with Gasteiger partial charge in [-0.3, -0.25) is 9.59 Å². The fourth-order valence-corrected chi connectivity index (χ4v) is 3.07. The van der Waals surface area contributed by atoms with Gasteiger partial charge in [-0.15, -0.1) is 0 Å². The van der Waals surface area contributed by atoms with Crippen LogP contribution in [-0.2, 0) is 14.8 Å². The summed E-state index contributed by atoms with van der Waals surface area (Å²) < 4.78 is 26.1. The second kappa shape index (κ2) is 8.07. The molecule has 1 amide bonds. The number of hydrogen-bond acceptors (Lipinski definition) is 4. The van der Waals surface area contributed by atoms with E-state index in [0.29, 0.717) is 5.56 Å². The van der Waals surface area contributed by atoms with Gasteiger partial charge >= 0.3 is 5.97 Å². The Balaban J connectivity index is 2.97. The third-order valence-corrected chi connectivity index (χ3v) is 4.76. The predicted octanol–water partition coefficient (Wildman–Crippen LogP) is 1.31. The van der Waals surface area contributed by atoms with Crippen molar-refractivity contribution in [3.63, 3.8) is 0 Å². The van der Waals surface area contributed by atoms with Crippen molar-refractivity contribution in [2.75, 3.05) is 13.1 Å². The third-order valence-electron chi connectivity index (χ3n) is 3.20. The Morgan fingerprint density at radius 1 is 1.22 bits per heavy atom. The molecule has 0 spiro atoms. The van der Waals surface area contributed by atoms with Gasteiger partial charge in [0.25, 0.3) is 5.91 Å². The molecule has 8 heteroatoms. The highest BCUT2D eigenvalue weighted by molar-refractivity contribution is 7.89. The van der Waals surface area contributed by atoms with Crippen LogP contribution in [0.25, 0.3) is 0 Å². The Morgan fingerprint density at radius 2 is 1.78 bits per heavy atom. The molecule has 0 heterocycles. The normalized spacial score (nSPS) is 11.5. The summed E-state index contributed by atoms with van der Waals surface area (Å²) in [5.74, 6) is -1.30. The summed E-state index contributed by atoms with van der Waals surface area (Å²) in [6.45, 7) is 5.65. The maximum atomic E-state index is 12.5. The molecular formula is C15H22N2O5S. The standard InChI is InChI=1S/C15H22N2O5S/c1-4-16-23(21,22)13-7-5-12(6-8-13)15(20)17(11(2)3)10-9-14(18)19/h5-8,11,16H,4,9-10H2,1-3H3,(H,18,19). The summed E-state index contributed by atoms with van der Waals surface area (Å²) >= 11 is 0. The molecule has 128 valence electrons. The number of nitrogens with zero attached hydrogens (tertiary/aromatic N) is 1. The smallest absolute Gasteiger partial charge is 0.305 e. The van der Waals surface area contributed by atoms with Gasteiger partial charge in [0.2, 0.25) is 10.0 Å². The number of aliphatic carboxylic acids is 1. The molecule has 0 fully saturated rings. The molecule has 0 unspecified atom stereocenters. The number of nitrogens with one attached hydrogen (secondary N) is 1. The first-order chi connectivity index (χ1) is 10.7. The van der Waals surface area contributed by atoms with Gasteiger partial charge in [0.1, 0.15) is 0 Å². The van der Waals surface area contributed by atoms with Crippen LogP contribution in [0.5, 0.6) is 0 Å². The Bertz CT molecular complexity index is 653. The van der Waals surface area contributed by atoms with Crippen molar-refractivity contribution in [3.8, 4) is 0 Å². The van der Waals surface area contributed by atoms with Gasteiger partial charge < -0.3 is 10.0 Å². The number of carbonyl (C=O) groups is 2. The molecule has 0 saturated carbocycles. The van der Waals surface area contributed by atoms with E-state index in [1.54, 1.807) is 20.8 Å². The minimum atomic E-state index is -3.56. The van der Waals surface area contributed by atoms with E-state index in [2.05, 4.69) is 4.72 Å². The maximum absolute atomic E-state index is 12.5. The highest BCUT2D eigenvalue weighted by Gasteiger charge is 2.20. The van der Waals surface area contributed by atoms with E-state index in [0.717, 1.165) is 0 Å². The Labute approximate surface area is 136 Å². The molecule has 2 N–H and O–H groups in total. The fraction of sp³-hybridized carbons (Fsp3) is 0.467. The molecule has 1 rings (SSSR count). The minimum absolute atomic E-state index is 0.0810. The number of benzene rings is 1. The number of carboxylic acid groups (broad SMARTS) is 1. The van der Waals surface area contributed by atoms with Crippen molar-refractivity contribution in [2.45, 2.75) is 38.1 Å². The molecule has 0 aliphatic heterocycles. The van der Waals surface area contributed by atoms with Gasteiger partial charge in [0.15, 0.2) is 0 Å². The zero-order chi connectivity index (χ0) is 17.6. The van der Waals surface area contributed by atoms with Crippen molar-refractivity contribution in [3.05, 3.63) is 29.8 Å². The number of carbonyl (C=O) groups excluding carboxylic acids is 1. The Morgan fingerprint density at radius 3 is 2.22 bits per heavy atom. The van der Waals surface area contributed by atoms with Gasteiger partial charge in [-0.1, -0.05) is 6.92 Å². The second-order valence-electron chi connectivity index (χ2n) is 5.26. The highest BCUT2D eigenvalue weighted by atomic mass is 32.2. The fourth-order valence-electron chi connectivity index (χ4n) is 2.03. The van der Waals surface area contributed by atoms with Crippen LogP contribution in [0.2, 0.25) is 0 Å². The van der Waals surface area contributed by atoms with Crippen molar-refractivity contribution in [2.24, 2.45) is 0 Å². The molecule has 0 saturated heterocycles. The van der Waals surface area contributed by atoms with E-state index in [-0.39, 0.29) is 36.4 Å². The number of sulfonamides is 1. The summed E-state index contributed by atoms with van der Waals surface area (Å²) in [6.07, 6.45) is -0.142. The van der Waals surface area contributed by atoms with Crippen LogP contribution >= 0.6 is 0 Å². The predicted molar refractivity (Wildman–Crippen MR) is 85.7 cm³/mol. The Kier molecular flexibility index (Phi) is 6.71. The van der Waals surface area contributed by atoms with E-state index < -0.39 is 16.0 Å². The average Bonchev–Trinajstić information content (AvgIpc) is 2.46. The number of rotatable bonds is 8. The first-order valence-electron chi connectivity index (χ1n) is 7.31. The zero-order valence-corrected chi connectivity index (χ0v) is 14.3. The van der Waals surface area contributed by atoms with Crippen molar-refractivity contribution < 1.29 is 23.1 Å². The molecule has 0 aromatic heterocycles. The monoisotopic (exact) mass is 342 g/mol. The molecule has 1 aromatic rings. The van der Waals surface area contributed by atoms with Crippen LogP contribution < -0.4 is 4.72 Å². The van der Waals surface area contributed by atoms with E-state index in [4.69, 9.17) is 5.11 Å². The maximum Gasteiger partial charge on any atom is 0.305 e. The summed E-state index contributed by atoms with van der Waals surface area (Å²) in [5, 5.41) is 8.76. The molecule has 23 heavy (non-hydrogen) atoms. The van der Waals surface area contributed by atoms with Crippen molar-refractivity contribution in [1.82, 2.24) is 9.62 Å². The first-order valence-corrected chi connectivity index (χ1v) is 8.79. The van der Waals surface area contributed by atoms with E-state index in [1.807, 2.05) is 0 Å². The molecule has 0 aliphatic rings. The van der Waals surface area contributed by atoms with Crippen molar-refractivity contribution in [1.29, 1.82) is 0 Å². The summed E-state index contributed by atoms with van der Waals surface area (Å²) in [5.41, 5.74) is 0.319. The quantitative estimate of drug-likeness (QED) is 0.741. The Hall–Kier alpha value is -1.93. The SMILES string of the molecule is CCNS(=O)(=O)c1ccc(C(=O)N(CCC(=O)O)C(C)C)cc1. The van der Waals surface area contributed by atoms with Gasteiger partial charge in [0, 0.05) is 24.7 Å². The lowest BCUT2D eigenvalue weighted by Crippen LogP contribution is -2.38. The van der Waals surface area contributed by atoms with E-state index in [9.17, 15) is 18.0 Å². The van der Waals surface area contributed by atoms with Crippen LogP contribution in [0.15, 0.2) is 29.2 Å². The molecule has 1 aromatic carbocycles. The van der Waals surface area contributed by atoms with Gasteiger partial charge in [0.05, 0.1) is 11.3 Å².